The van der Waals surface area contributed by atoms with Crippen LogP contribution in [0.25, 0.3) is 11.2 Å². The molecule has 12 heavy (non-hydrogen) atoms. The van der Waals surface area contributed by atoms with E-state index in [0.717, 1.165) is 5.57 Å². The molecule has 6 heteroatoms. The molecule has 62 valence electrons. The minimum atomic E-state index is 0.560. The van der Waals surface area contributed by atoms with Gasteiger partial charge in [-0.1, -0.05) is 9.24 Å². The molecule has 2 aromatic rings. The topological polar surface area (TPSA) is 69.6 Å². The van der Waals surface area contributed by atoms with Crippen LogP contribution >= 0.6 is 9.24 Å². The first-order valence-corrected chi connectivity index (χ1v) is 3.97. The van der Waals surface area contributed by atoms with Gasteiger partial charge < -0.3 is 10.3 Å². The molecule has 1 atom stereocenters. The zero-order chi connectivity index (χ0) is 8.72. The van der Waals surface area contributed by atoms with Gasteiger partial charge in [-0.05, 0) is 0 Å². The molecule has 1 unspecified atom stereocenters. The van der Waals surface area contributed by atoms with Crippen molar-refractivity contribution in [1.29, 1.82) is 0 Å². The predicted octanol–water partition coefficient (Wildman–Crippen LogP) is -0.554. The summed E-state index contributed by atoms with van der Waals surface area (Å²) in [6.07, 6.45) is 1.50. The van der Waals surface area contributed by atoms with Crippen LogP contribution in [0, 0.1) is 0 Å². The fraction of sp³-hybridized carbons (Fsp3) is 0.167. The van der Waals surface area contributed by atoms with E-state index in [0.29, 0.717) is 16.9 Å². The molecule has 0 fully saturated rings. The first-order chi connectivity index (χ1) is 5.70. The average Bonchev–Trinajstić information content (AvgIpc) is 2.32. The van der Waals surface area contributed by atoms with Crippen LogP contribution in [0.5, 0.6) is 0 Å². The molecule has 0 spiro atoms. The van der Waals surface area contributed by atoms with Crippen molar-refractivity contribution in [2.45, 2.75) is 0 Å². The smallest absolute Gasteiger partial charge is 0.184 e. The molecule has 0 aromatic carbocycles. The zero-order valence-corrected chi connectivity index (χ0v) is 7.68. The summed E-state index contributed by atoms with van der Waals surface area (Å²) in [5.41, 5.74) is 8.43. The summed E-state index contributed by atoms with van der Waals surface area (Å²) in [5, 5.41) is 7.66. The first-order valence-electron chi connectivity index (χ1n) is 3.39. The summed E-state index contributed by atoms with van der Waals surface area (Å²) in [4.78, 5) is 4.21. The second-order valence-electron chi connectivity index (χ2n) is 2.50. The van der Waals surface area contributed by atoms with Gasteiger partial charge in [0.15, 0.2) is 5.65 Å². The molecule has 0 aliphatic heterocycles. The molecule has 2 heterocycles. The van der Waals surface area contributed by atoms with E-state index in [4.69, 9.17) is 5.73 Å². The van der Waals surface area contributed by atoms with Crippen LogP contribution in [-0.4, -0.2) is 19.7 Å². The molecule has 0 saturated carbocycles. The lowest BCUT2D eigenvalue weighted by molar-refractivity contribution is 0.937. The third-order valence-electron chi connectivity index (χ3n) is 1.72. The fourth-order valence-electron chi connectivity index (χ4n) is 1.02. The van der Waals surface area contributed by atoms with Crippen LogP contribution in [0.2, 0.25) is 0 Å². The van der Waals surface area contributed by atoms with Crippen molar-refractivity contribution in [2.75, 3.05) is 5.73 Å². The van der Waals surface area contributed by atoms with E-state index in [9.17, 15) is 0 Å². The van der Waals surface area contributed by atoms with Gasteiger partial charge >= 0.3 is 0 Å². The number of hydrogen-bond donors (Lipinski definition) is 1. The summed E-state index contributed by atoms with van der Waals surface area (Å²) in [7, 11) is 4.38. The summed E-state index contributed by atoms with van der Waals surface area (Å²) < 4.78 is 1.82. The fourth-order valence-corrected chi connectivity index (χ4v) is 1.27. The highest BCUT2D eigenvalue weighted by Gasteiger charge is 2.07. The van der Waals surface area contributed by atoms with E-state index in [1.807, 2.05) is 11.6 Å². The molecule has 2 rings (SSSR count). The summed E-state index contributed by atoms with van der Waals surface area (Å²) in [6, 6.07) is 0. The van der Waals surface area contributed by atoms with Crippen molar-refractivity contribution >= 4 is 31.7 Å². The summed E-state index contributed by atoms with van der Waals surface area (Å²) >= 11 is 0. The van der Waals surface area contributed by atoms with Crippen LogP contribution < -0.4 is 11.3 Å². The number of rotatable bonds is 0. The number of fused-ring (bicyclic) bond motifs is 1. The minimum absolute atomic E-state index is 0.560. The molecule has 0 radical (unpaired) electrons. The van der Waals surface area contributed by atoms with E-state index >= 15 is 0 Å². The summed E-state index contributed by atoms with van der Waals surface area (Å²) in [5.74, 6) is 0. The Morgan fingerprint density at radius 3 is 3.00 bits per heavy atom. The van der Waals surface area contributed by atoms with Crippen molar-refractivity contribution in [3.8, 4) is 0 Å². The van der Waals surface area contributed by atoms with Crippen LogP contribution in [0.3, 0.4) is 0 Å². The van der Waals surface area contributed by atoms with Gasteiger partial charge in [0.2, 0.25) is 0 Å². The second kappa shape index (κ2) is 2.38. The Morgan fingerprint density at radius 2 is 2.33 bits per heavy atom. The summed E-state index contributed by atoms with van der Waals surface area (Å²) in [6.45, 7) is 0. The highest BCUT2D eigenvalue weighted by atomic mass is 31.0. The predicted molar refractivity (Wildman–Crippen MR) is 50.1 cm³/mol. The lowest BCUT2D eigenvalue weighted by atomic mass is 10.4. The number of nitrogen functional groups attached to an aromatic ring is 1. The van der Waals surface area contributed by atoms with Gasteiger partial charge in [0.05, 0.1) is 11.9 Å². The monoisotopic (exact) mass is 181 g/mol. The van der Waals surface area contributed by atoms with Crippen molar-refractivity contribution < 1.29 is 0 Å². The van der Waals surface area contributed by atoms with Crippen LogP contribution in [0.1, 0.15) is 0 Å². The Morgan fingerprint density at radius 1 is 1.58 bits per heavy atom. The average molecular weight is 181 g/mol. The molecule has 0 bridgehead atoms. The SMILES string of the molecule is Cn1c(P)nc2c(N)cnnc21. The molecule has 0 saturated heterocycles. The van der Waals surface area contributed by atoms with Gasteiger partial charge in [-0.25, -0.2) is 4.98 Å². The Labute approximate surface area is 71.2 Å². The highest BCUT2D eigenvalue weighted by molar-refractivity contribution is 7.26. The molecular formula is C6H8N5P. The number of hydrogen-bond acceptors (Lipinski definition) is 4. The number of aromatic nitrogens is 4. The molecule has 0 amide bonds. The molecule has 0 aliphatic rings. The third kappa shape index (κ3) is 0.865. The van der Waals surface area contributed by atoms with Crippen LogP contribution in [0.15, 0.2) is 6.20 Å². The first kappa shape index (κ1) is 7.43. The largest absolute Gasteiger partial charge is 0.396 e. The van der Waals surface area contributed by atoms with Gasteiger partial charge in [0.1, 0.15) is 11.1 Å². The molecular weight excluding hydrogens is 173 g/mol. The standard InChI is InChI=1S/C6H8N5P/c1-11-5-4(9-6(11)12)3(7)2-8-10-5/h2H,12H2,1H3,(H2,7,10). The van der Waals surface area contributed by atoms with E-state index in [1.54, 1.807) is 0 Å². The van der Waals surface area contributed by atoms with Gasteiger partial charge in [0, 0.05) is 7.05 Å². The van der Waals surface area contributed by atoms with E-state index in [2.05, 4.69) is 24.4 Å². The van der Waals surface area contributed by atoms with Gasteiger partial charge in [-0.3, -0.25) is 0 Å². The Balaban J connectivity index is 2.95. The zero-order valence-electron chi connectivity index (χ0n) is 6.52. The maximum Gasteiger partial charge on any atom is 0.184 e. The lowest BCUT2D eigenvalue weighted by Gasteiger charge is -1.93. The molecule has 5 nitrogen and oxygen atoms in total. The van der Waals surface area contributed by atoms with Gasteiger partial charge in [-0.2, -0.15) is 5.10 Å². The van der Waals surface area contributed by atoms with E-state index in [1.165, 1.54) is 6.20 Å². The third-order valence-corrected chi connectivity index (χ3v) is 2.24. The number of imidazole rings is 1. The minimum Gasteiger partial charge on any atom is -0.396 e. The number of aryl methyl sites for hydroxylation is 1. The van der Waals surface area contributed by atoms with E-state index < -0.39 is 0 Å². The Hall–Kier alpha value is -1.22. The number of nitrogens with zero attached hydrogens (tertiary/aromatic N) is 4. The Kier molecular flexibility index (Phi) is 1.48. The number of nitrogens with two attached hydrogens (primary N) is 1. The van der Waals surface area contributed by atoms with E-state index in [-0.39, 0.29) is 0 Å². The van der Waals surface area contributed by atoms with Crippen molar-refractivity contribution in [3.05, 3.63) is 6.20 Å². The lowest BCUT2D eigenvalue weighted by Crippen LogP contribution is -2.06. The maximum absolute atomic E-state index is 5.65. The second-order valence-corrected chi connectivity index (χ2v) is 3.02. The molecule has 2 aromatic heterocycles. The van der Waals surface area contributed by atoms with Crippen molar-refractivity contribution in [3.63, 3.8) is 0 Å². The normalized spacial score (nSPS) is 10.8. The number of anilines is 1. The van der Waals surface area contributed by atoms with Crippen molar-refractivity contribution in [2.24, 2.45) is 7.05 Å². The van der Waals surface area contributed by atoms with Crippen LogP contribution in [-0.2, 0) is 7.05 Å². The van der Waals surface area contributed by atoms with Gasteiger partial charge in [-0.15, -0.1) is 5.10 Å². The van der Waals surface area contributed by atoms with Crippen molar-refractivity contribution in [1.82, 2.24) is 19.7 Å². The Bertz CT molecular complexity index is 435. The highest BCUT2D eigenvalue weighted by Crippen LogP contribution is 2.13. The molecule has 2 N–H and O–H groups in total. The quantitative estimate of drug-likeness (QED) is 0.553. The molecule has 0 aliphatic carbocycles. The maximum atomic E-state index is 5.65. The van der Waals surface area contributed by atoms with Crippen LogP contribution in [0.4, 0.5) is 5.69 Å². The van der Waals surface area contributed by atoms with Gasteiger partial charge in [0.25, 0.3) is 0 Å².